The van der Waals surface area contributed by atoms with Crippen molar-refractivity contribution in [2.75, 3.05) is 5.43 Å². The van der Waals surface area contributed by atoms with Crippen LogP contribution in [0.1, 0.15) is 5.69 Å². The lowest BCUT2D eigenvalue weighted by Gasteiger charge is -2.05. The van der Waals surface area contributed by atoms with Crippen molar-refractivity contribution in [1.29, 1.82) is 0 Å². The number of hydrogen-bond acceptors (Lipinski definition) is 6. The summed E-state index contributed by atoms with van der Waals surface area (Å²) >= 11 is 5.97. The fourth-order valence-corrected chi connectivity index (χ4v) is 1.54. The van der Waals surface area contributed by atoms with E-state index in [1.807, 2.05) is 0 Å². The zero-order chi connectivity index (χ0) is 13.1. The Morgan fingerprint density at radius 3 is 2.94 bits per heavy atom. The van der Waals surface area contributed by atoms with Crippen LogP contribution in [0.25, 0.3) is 0 Å². The van der Waals surface area contributed by atoms with Gasteiger partial charge in [-0.2, -0.15) is 0 Å². The van der Waals surface area contributed by atoms with Crippen molar-refractivity contribution in [3.8, 4) is 0 Å². The molecule has 2 aromatic rings. The first-order valence-corrected chi connectivity index (χ1v) is 5.26. The van der Waals surface area contributed by atoms with Gasteiger partial charge in [0.05, 0.1) is 17.3 Å². The summed E-state index contributed by atoms with van der Waals surface area (Å²) in [5, 5.41) is 10.9. The molecule has 0 fully saturated rings. The highest BCUT2D eigenvalue weighted by molar-refractivity contribution is 6.31. The number of pyridine rings is 1. The van der Waals surface area contributed by atoms with E-state index < -0.39 is 4.92 Å². The Hall–Kier alpha value is -2.19. The fraction of sp³-hybridized carbons (Fsp3) is 0.111. The lowest BCUT2D eigenvalue weighted by Crippen LogP contribution is -2.10. The quantitative estimate of drug-likeness (QED) is 0.489. The van der Waals surface area contributed by atoms with Crippen LogP contribution in [0.5, 0.6) is 0 Å². The molecule has 0 saturated carbocycles. The van der Waals surface area contributed by atoms with E-state index in [-0.39, 0.29) is 12.4 Å². The van der Waals surface area contributed by atoms with E-state index in [1.165, 1.54) is 17.1 Å². The minimum atomic E-state index is -0.566. The van der Waals surface area contributed by atoms with Crippen LogP contribution in [0.15, 0.2) is 24.7 Å². The summed E-state index contributed by atoms with van der Waals surface area (Å²) in [6.45, 7) is 0.273. The maximum atomic E-state index is 10.5. The van der Waals surface area contributed by atoms with Crippen LogP contribution in [0.4, 0.5) is 11.6 Å². The summed E-state index contributed by atoms with van der Waals surface area (Å²) in [6, 6.07) is 3.27. The van der Waals surface area contributed by atoms with Gasteiger partial charge in [-0.05, 0) is 22.0 Å². The number of halogens is 1. The number of imidazole rings is 1. The number of hydrazine groups is 1. The van der Waals surface area contributed by atoms with Crippen molar-refractivity contribution in [2.24, 2.45) is 5.84 Å². The fourth-order valence-electron chi connectivity index (χ4n) is 1.38. The molecule has 0 aliphatic carbocycles. The predicted octanol–water partition coefficient (Wildman–Crippen LogP) is 1.17. The van der Waals surface area contributed by atoms with E-state index in [0.717, 1.165) is 0 Å². The number of nitrogens with one attached hydrogen (secondary N) is 1. The molecular formula is C9H9ClN6O2. The van der Waals surface area contributed by atoms with Crippen LogP contribution in [-0.2, 0) is 6.54 Å². The molecule has 18 heavy (non-hydrogen) atoms. The molecule has 0 unspecified atom stereocenters. The Bertz CT molecular complexity index is 584. The maximum Gasteiger partial charge on any atom is 0.381 e. The zero-order valence-corrected chi connectivity index (χ0v) is 9.83. The average molecular weight is 269 g/mol. The van der Waals surface area contributed by atoms with Gasteiger partial charge in [-0.1, -0.05) is 11.6 Å². The van der Waals surface area contributed by atoms with Crippen molar-refractivity contribution in [3.63, 3.8) is 0 Å². The van der Waals surface area contributed by atoms with Gasteiger partial charge in [-0.15, -0.1) is 0 Å². The second kappa shape index (κ2) is 4.98. The zero-order valence-electron chi connectivity index (χ0n) is 9.08. The maximum absolute atomic E-state index is 10.5. The summed E-state index contributed by atoms with van der Waals surface area (Å²) in [7, 11) is 0. The van der Waals surface area contributed by atoms with E-state index >= 15 is 0 Å². The summed E-state index contributed by atoms with van der Waals surface area (Å²) in [5.41, 5.74) is 2.94. The number of nitrogens with zero attached hydrogens (tertiary/aromatic N) is 4. The Labute approximate surface area is 107 Å². The van der Waals surface area contributed by atoms with Gasteiger partial charge in [0, 0.05) is 0 Å². The molecule has 0 aromatic carbocycles. The Balaban J connectivity index is 2.24. The molecule has 2 aromatic heterocycles. The van der Waals surface area contributed by atoms with Crippen LogP contribution in [0, 0.1) is 10.1 Å². The van der Waals surface area contributed by atoms with Crippen LogP contribution in [-0.4, -0.2) is 19.5 Å². The highest BCUT2D eigenvalue weighted by Crippen LogP contribution is 2.18. The minimum Gasteiger partial charge on any atom is -0.358 e. The van der Waals surface area contributed by atoms with Crippen LogP contribution in [0.2, 0.25) is 5.02 Å². The third-order valence-corrected chi connectivity index (χ3v) is 2.55. The third kappa shape index (κ3) is 2.55. The largest absolute Gasteiger partial charge is 0.381 e. The highest BCUT2D eigenvalue weighted by atomic mass is 35.5. The molecule has 3 N–H and O–H groups in total. The topological polar surface area (TPSA) is 112 Å². The van der Waals surface area contributed by atoms with Crippen molar-refractivity contribution in [3.05, 3.63) is 45.5 Å². The molecule has 8 nitrogen and oxygen atoms in total. The third-order valence-electron chi connectivity index (χ3n) is 2.21. The van der Waals surface area contributed by atoms with Gasteiger partial charge in [0.25, 0.3) is 0 Å². The smallest absolute Gasteiger partial charge is 0.358 e. The molecular weight excluding hydrogens is 260 g/mol. The number of aromatic nitrogens is 3. The van der Waals surface area contributed by atoms with Gasteiger partial charge in [0.2, 0.25) is 6.33 Å². The summed E-state index contributed by atoms with van der Waals surface area (Å²) in [4.78, 5) is 17.7. The first kappa shape index (κ1) is 12.3. The molecule has 0 aliphatic heterocycles. The number of nitrogen functional groups attached to an aromatic ring is 1. The Morgan fingerprint density at radius 1 is 1.56 bits per heavy atom. The van der Waals surface area contributed by atoms with Gasteiger partial charge < -0.3 is 20.1 Å². The standard InChI is InChI=1S/C9H9ClN6O2/c10-6-1-2-8(14-11)13-7(6)3-15-4-9(12-5-15)16(17)18/h1-2,4-5H,3,11H2,(H,13,14). The SMILES string of the molecule is NNc1ccc(Cl)c(Cn2cnc([N+](=O)[O-])c2)n1. The van der Waals surface area contributed by atoms with Crippen LogP contribution in [0.3, 0.4) is 0 Å². The molecule has 2 rings (SSSR count). The minimum absolute atomic E-state index is 0.223. The van der Waals surface area contributed by atoms with E-state index in [1.54, 1.807) is 12.1 Å². The van der Waals surface area contributed by atoms with Gasteiger partial charge in [-0.3, -0.25) is 0 Å². The van der Waals surface area contributed by atoms with E-state index in [0.29, 0.717) is 16.5 Å². The van der Waals surface area contributed by atoms with Gasteiger partial charge in [0.15, 0.2) is 0 Å². The first-order valence-electron chi connectivity index (χ1n) is 4.88. The van der Waals surface area contributed by atoms with E-state index in [9.17, 15) is 10.1 Å². The summed E-state index contributed by atoms with van der Waals surface area (Å²) in [5.74, 6) is 5.48. The van der Waals surface area contributed by atoms with Crippen molar-refractivity contribution in [2.45, 2.75) is 6.54 Å². The second-order valence-corrected chi connectivity index (χ2v) is 3.84. The number of anilines is 1. The van der Waals surface area contributed by atoms with Crippen molar-refractivity contribution < 1.29 is 4.92 Å². The number of nitro groups is 1. The van der Waals surface area contributed by atoms with Crippen LogP contribution < -0.4 is 11.3 Å². The average Bonchev–Trinajstić information content (AvgIpc) is 2.81. The van der Waals surface area contributed by atoms with Gasteiger partial charge >= 0.3 is 5.82 Å². The monoisotopic (exact) mass is 268 g/mol. The molecule has 2 heterocycles. The molecule has 0 radical (unpaired) electrons. The highest BCUT2D eigenvalue weighted by Gasteiger charge is 2.11. The second-order valence-electron chi connectivity index (χ2n) is 3.43. The predicted molar refractivity (Wildman–Crippen MR) is 65.0 cm³/mol. The molecule has 0 amide bonds. The van der Waals surface area contributed by atoms with E-state index in [2.05, 4.69) is 15.4 Å². The number of rotatable bonds is 4. The van der Waals surface area contributed by atoms with Crippen LogP contribution >= 0.6 is 11.6 Å². The summed E-state index contributed by atoms with van der Waals surface area (Å²) in [6.07, 6.45) is 2.65. The molecule has 0 spiro atoms. The lowest BCUT2D eigenvalue weighted by molar-refractivity contribution is -0.389. The number of nitrogens with two attached hydrogens (primary N) is 1. The molecule has 0 atom stereocenters. The molecule has 0 bridgehead atoms. The molecule has 0 aliphatic rings. The molecule has 94 valence electrons. The van der Waals surface area contributed by atoms with Gasteiger partial charge in [0.1, 0.15) is 12.0 Å². The van der Waals surface area contributed by atoms with Crippen molar-refractivity contribution >= 4 is 23.2 Å². The molecule has 9 heteroatoms. The first-order chi connectivity index (χ1) is 8.60. The Kier molecular flexibility index (Phi) is 3.40. The lowest BCUT2D eigenvalue weighted by atomic mass is 10.3. The van der Waals surface area contributed by atoms with Gasteiger partial charge in [-0.25, -0.2) is 10.8 Å². The van der Waals surface area contributed by atoms with E-state index in [4.69, 9.17) is 17.4 Å². The summed E-state index contributed by atoms with van der Waals surface area (Å²) < 4.78 is 1.52. The number of hydrogen-bond donors (Lipinski definition) is 2. The normalized spacial score (nSPS) is 10.3. The van der Waals surface area contributed by atoms with Crippen molar-refractivity contribution in [1.82, 2.24) is 14.5 Å². The Morgan fingerprint density at radius 2 is 2.33 bits per heavy atom. The molecule has 0 saturated heterocycles.